The van der Waals surface area contributed by atoms with Crippen molar-refractivity contribution in [1.29, 1.82) is 0 Å². The molecule has 32 heavy (non-hydrogen) atoms. The molecule has 0 saturated carbocycles. The zero-order chi connectivity index (χ0) is 24.2. The van der Waals surface area contributed by atoms with Crippen molar-refractivity contribution in [2.45, 2.75) is 96.2 Å². The zero-order valence-electron chi connectivity index (χ0n) is 20.6. The highest BCUT2D eigenvalue weighted by Gasteiger charge is 2.22. The smallest absolute Gasteiger partial charge is 0.306 e. The molecule has 0 bridgehead atoms. The first-order chi connectivity index (χ1) is 15.2. The molecule has 0 amide bonds. The van der Waals surface area contributed by atoms with Gasteiger partial charge in [0.05, 0.1) is 21.1 Å². The Hall–Kier alpha value is -1.70. The van der Waals surface area contributed by atoms with Crippen LogP contribution in [0.25, 0.3) is 0 Å². The lowest BCUT2D eigenvalue weighted by Gasteiger charge is -2.29. The molecule has 0 aromatic carbocycles. The second-order valence-electron chi connectivity index (χ2n) is 9.42. The number of carboxylic acids is 1. The molecule has 0 spiro atoms. The second-order valence-corrected chi connectivity index (χ2v) is 9.42. The number of carbonyl (C=O) groups is 2. The van der Waals surface area contributed by atoms with Gasteiger partial charge in [-0.15, -0.1) is 0 Å². The van der Waals surface area contributed by atoms with Gasteiger partial charge in [0.25, 0.3) is 0 Å². The first kappa shape index (κ1) is 30.3. The molecular formula is C25H45NO6. The molecule has 0 aromatic rings. The van der Waals surface area contributed by atoms with E-state index in [1.165, 1.54) is 19.3 Å². The van der Waals surface area contributed by atoms with Gasteiger partial charge in [-0.25, -0.2) is 4.89 Å². The van der Waals surface area contributed by atoms with Gasteiger partial charge in [-0.3, -0.25) is 10.1 Å². The molecule has 0 fully saturated rings. The van der Waals surface area contributed by atoms with E-state index in [0.29, 0.717) is 17.4 Å². The van der Waals surface area contributed by atoms with Crippen LogP contribution in [0.1, 0.15) is 84.0 Å². The molecule has 7 nitrogen and oxygen atoms in total. The van der Waals surface area contributed by atoms with Crippen LogP contribution in [-0.2, 0) is 19.2 Å². The minimum Gasteiger partial charge on any atom is -0.550 e. The fourth-order valence-electron chi connectivity index (χ4n) is 3.39. The molecule has 0 heterocycles. The van der Waals surface area contributed by atoms with Crippen molar-refractivity contribution >= 4 is 11.9 Å². The van der Waals surface area contributed by atoms with Crippen molar-refractivity contribution in [1.82, 2.24) is 0 Å². The number of allylic oxidation sites excluding steroid dienone is 3. The molecule has 0 aliphatic heterocycles. The van der Waals surface area contributed by atoms with E-state index in [0.717, 1.165) is 38.5 Å². The maximum atomic E-state index is 12.0. The maximum absolute atomic E-state index is 12.0. The van der Waals surface area contributed by atoms with Gasteiger partial charge in [-0.1, -0.05) is 69.8 Å². The Kier molecular flexibility index (Phi) is 17.8. The lowest BCUT2D eigenvalue weighted by molar-refractivity contribution is -0.873. The van der Waals surface area contributed by atoms with Crippen molar-refractivity contribution in [2.75, 3.05) is 27.7 Å². The van der Waals surface area contributed by atoms with Crippen molar-refractivity contribution in [2.24, 2.45) is 0 Å². The molecule has 0 aliphatic carbocycles. The Morgan fingerprint density at radius 2 is 1.69 bits per heavy atom. The highest BCUT2D eigenvalue weighted by atomic mass is 17.1. The standard InChI is InChI=1S/C25H45NO6/c1-5-6-7-8-9-11-14-17-22(32-30)18-15-12-10-13-16-19-25(29)31-23(20-24(27)28)21-26(2,3)4/h9,11,14,17,22-23H,5-8,10,12-13,15-16,18-21H2,1-4H3,(H-,27,28,30)/b11-9+,17-14+. The summed E-state index contributed by atoms with van der Waals surface area (Å²) in [6.45, 7) is 2.61. The first-order valence-corrected chi connectivity index (χ1v) is 12.0. The first-order valence-electron chi connectivity index (χ1n) is 12.0. The fourth-order valence-corrected chi connectivity index (χ4v) is 3.39. The average molecular weight is 456 g/mol. The maximum Gasteiger partial charge on any atom is 0.306 e. The van der Waals surface area contributed by atoms with Crippen LogP contribution < -0.4 is 5.11 Å². The summed E-state index contributed by atoms with van der Waals surface area (Å²) in [6, 6.07) is 0. The lowest BCUT2D eigenvalue weighted by Crippen LogP contribution is -2.45. The average Bonchev–Trinajstić information content (AvgIpc) is 2.68. The number of hydrogen-bond donors (Lipinski definition) is 1. The van der Waals surface area contributed by atoms with E-state index in [2.05, 4.69) is 17.9 Å². The van der Waals surface area contributed by atoms with E-state index in [4.69, 9.17) is 9.99 Å². The summed E-state index contributed by atoms with van der Waals surface area (Å²) in [4.78, 5) is 27.4. The summed E-state index contributed by atoms with van der Waals surface area (Å²) in [5, 5.41) is 19.9. The number of carbonyl (C=O) groups excluding carboxylic acids is 2. The van der Waals surface area contributed by atoms with Gasteiger partial charge in [-0.2, -0.15) is 0 Å². The number of aliphatic carboxylic acids is 1. The number of rotatable bonds is 20. The quantitative estimate of drug-likeness (QED) is 0.0744. The topological polar surface area (TPSA) is 95.9 Å². The van der Waals surface area contributed by atoms with Crippen molar-refractivity contribution < 1.29 is 34.1 Å². The third kappa shape index (κ3) is 20.2. The summed E-state index contributed by atoms with van der Waals surface area (Å²) in [7, 11) is 5.76. The lowest BCUT2D eigenvalue weighted by atomic mass is 10.1. The molecule has 0 saturated heterocycles. The number of quaternary nitrogens is 1. The van der Waals surface area contributed by atoms with Crippen LogP contribution in [0.4, 0.5) is 0 Å². The van der Waals surface area contributed by atoms with Crippen LogP contribution in [0.5, 0.6) is 0 Å². The van der Waals surface area contributed by atoms with Gasteiger partial charge in [-0.05, 0) is 25.7 Å². The Labute approximate surface area is 194 Å². The van der Waals surface area contributed by atoms with Gasteiger partial charge in [0.1, 0.15) is 12.6 Å². The second kappa shape index (κ2) is 18.8. The summed E-state index contributed by atoms with van der Waals surface area (Å²) in [6.07, 6.45) is 17.0. The third-order valence-electron chi connectivity index (χ3n) is 5.00. The van der Waals surface area contributed by atoms with Gasteiger partial charge in [0, 0.05) is 18.8 Å². The minimum absolute atomic E-state index is 0.279. The Morgan fingerprint density at radius 1 is 1.00 bits per heavy atom. The van der Waals surface area contributed by atoms with Gasteiger partial charge in [0.15, 0.2) is 6.10 Å². The van der Waals surface area contributed by atoms with E-state index in [-0.39, 0.29) is 24.9 Å². The van der Waals surface area contributed by atoms with Crippen LogP contribution in [0.2, 0.25) is 0 Å². The Morgan fingerprint density at radius 3 is 2.31 bits per heavy atom. The van der Waals surface area contributed by atoms with E-state index in [1.54, 1.807) is 0 Å². The van der Waals surface area contributed by atoms with E-state index in [1.807, 2.05) is 39.4 Å². The van der Waals surface area contributed by atoms with Crippen LogP contribution in [0.15, 0.2) is 24.3 Å². The molecule has 7 heteroatoms. The highest BCUT2D eigenvalue weighted by molar-refractivity contribution is 5.70. The molecule has 186 valence electrons. The van der Waals surface area contributed by atoms with E-state index < -0.39 is 12.1 Å². The number of esters is 1. The predicted molar refractivity (Wildman–Crippen MR) is 125 cm³/mol. The van der Waals surface area contributed by atoms with Crippen LogP contribution in [0.3, 0.4) is 0 Å². The normalized spacial score (nSPS) is 14.2. The molecule has 2 unspecified atom stereocenters. The highest BCUT2D eigenvalue weighted by Crippen LogP contribution is 2.13. The predicted octanol–water partition coefficient (Wildman–Crippen LogP) is 4.03. The van der Waals surface area contributed by atoms with Crippen molar-refractivity contribution in [3.8, 4) is 0 Å². The number of ether oxygens (including phenoxy) is 1. The molecule has 0 aromatic heterocycles. The minimum atomic E-state index is -1.21. The van der Waals surface area contributed by atoms with Gasteiger partial charge < -0.3 is 19.1 Å². The van der Waals surface area contributed by atoms with Crippen molar-refractivity contribution in [3.05, 3.63) is 24.3 Å². The molecule has 0 radical (unpaired) electrons. The number of hydrogen-bond acceptors (Lipinski definition) is 6. The molecular weight excluding hydrogens is 410 g/mol. The molecule has 0 rings (SSSR count). The van der Waals surface area contributed by atoms with Gasteiger partial charge >= 0.3 is 5.97 Å². The number of likely N-dealkylation sites (N-methyl/N-ethyl adjacent to an activating group) is 1. The number of unbranched alkanes of at least 4 members (excludes halogenated alkanes) is 7. The van der Waals surface area contributed by atoms with Crippen LogP contribution >= 0.6 is 0 Å². The van der Waals surface area contributed by atoms with Crippen molar-refractivity contribution in [3.63, 3.8) is 0 Å². The van der Waals surface area contributed by atoms with Crippen LogP contribution in [-0.4, -0.2) is 61.6 Å². The largest absolute Gasteiger partial charge is 0.550 e. The summed E-state index contributed by atoms with van der Waals surface area (Å²) in [5.41, 5.74) is 0. The number of carboxylic acid groups (broad SMARTS) is 1. The number of nitrogens with zero attached hydrogens (tertiary/aromatic N) is 1. The van der Waals surface area contributed by atoms with Gasteiger partial charge in [0.2, 0.25) is 0 Å². The summed E-state index contributed by atoms with van der Waals surface area (Å²) < 4.78 is 5.86. The van der Waals surface area contributed by atoms with E-state index in [9.17, 15) is 14.7 Å². The fraction of sp³-hybridized carbons (Fsp3) is 0.760. The Bertz CT molecular complexity index is 553. The molecule has 1 N–H and O–H groups in total. The van der Waals surface area contributed by atoms with Crippen LogP contribution in [0, 0.1) is 0 Å². The molecule has 0 aliphatic rings. The Balaban J connectivity index is 3.95. The monoisotopic (exact) mass is 455 g/mol. The summed E-state index contributed by atoms with van der Waals surface area (Å²) >= 11 is 0. The SMILES string of the molecule is CCCCC/C=C/C=C/C(CCCCCCCC(=O)OC(CC(=O)[O-])C[N+](C)(C)C)OO. The summed E-state index contributed by atoms with van der Waals surface area (Å²) in [5.74, 6) is -1.56. The van der Waals surface area contributed by atoms with E-state index >= 15 is 0 Å². The molecule has 2 atom stereocenters. The third-order valence-corrected chi connectivity index (χ3v) is 5.00. The zero-order valence-corrected chi connectivity index (χ0v) is 20.6.